The van der Waals surface area contributed by atoms with E-state index in [1.54, 1.807) is 19.9 Å². The van der Waals surface area contributed by atoms with Gasteiger partial charge in [0.2, 0.25) is 29.5 Å². The summed E-state index contributed by atoms with van der Waals surface area (Å²) >= 11 is 6.11. The van der Waals surface area contributed by atoms with Crippen molar-refractivity contribution in [3.63, 3.8) is 0 Å². The van der Waals surface area contributed by atoms with Crippen LogP contribution < -0.4 is 32.3 Å². The number of primary amides is 1. The van der Waals surface area contributed by atoms with E-state index in [9.17, 15) is 39.0 Å². The smallest absolute Gasteiger partial charge is 0.274 e. The van der Waals surface area contributed by atoms with Crippen molar-refractivity contribution in [3.8, 4) is 5.75 Å². The number of aliphatic hydroxyl groups is 1. The van der Waals surface area contributed by atoms with Gasteiger partial charge in [0.25, 0.3) is 5.91 Å². The molecule has 1 aliphatic rings. The van der Waals surface area contributed by atoms with Crippen LogP contribution in [-0.2, 0) is 30.4 Å². The zero-order chi connectivity index (χ0) is 41.0. The van der Waals surface area contributed by atoms with Crippen LogP contribution in [0, 0.1) is 18.8 Å². The van der Waals surface area contributed by atoms with Crippen LogP contribution in [0.1, 0.15) is 74.2 Å². The van der Waals surface area contributed by atoms with Gasteiger partial charge in [-0.1, -0.05) is 43.1 Å². The fourth-order valence-electron chi connectivity index (χ4n) is 5.80. The first-order chi connectivity index (χ1) is 25.8. The first kappa shape index (κ1) is 44.7. The van der Waals surface area contributed by atoms with Crippen molar-refractivity contribution in [2.24, 2.45) is 17.6 Å². The van der Waals surface area contributed by atoms with E-state index in [0.29, 0.717) is 41.5 Å². The van der Waals surface area contributed by atoms with Gasteiger partial charge in [-0.2, -0.15) is 0 Å². The summed E-state index contributed by atoms with van der Waals surface area (Å²) in [6.07, 6.45) is 3.16. The van der Waals surface area contributed by atoms with E-state index < -0.39 is 78.2 Å². The quantitative estimate of drug-likeness (QED) is 0.0603. The molecule has 1 heterocycles. The van der Waals surface area contributed by atoms with Crippen LogP contribution >= 0.6 is 11.6 Å². The summed E-state index contributed by atoms with van der Waals surface area (Å²) in [5.74, 6) is -4.73. The Bertz CT molecular complexity index is 1680. The number of unbranched alkanes of at least 4 members (excludes halogenated alkanes) is 1. The number of nitrogens with one attached hydrogen (secondary N) is 5. The minimum Gasteiger partial charge on any atom is -0.506 e. The molecule has 0 spiro atoms. The number of hydrogen-bond acceptors (Lipinski definition) is 10. The van der Waals surface area contributed by atoms with Gasteiger partial charge < -0.3 is 51.5 Å². The van der Waals surface area contributed by atoms with Crippen LogP contribution in [0.25, 0.3) is 0 Å². The first-order valence-electron chi connectivity index (χ1n) is 18.5. The molecule has 1 aromatic heterocycles. The lowest BCUT2D eigenvalue weighted by Gasteiger charge is -2.29. The van der Waals surface area contributed by atoms with Gasteiger partial charge in [0.15, 0.2) is 5.69 Å². The SMILES string of the molecule is CC[C@H](C)C(NC(=O)[C@@H](NC(=O)[C@H](Cc1ccc(O)c(Cl)c1)NC(=O)c1cc(C)on1)C1CC1)C(=O)N[C@@H](CCCC[N+](C)(C)C)C(=O)N[C@@H](CO)C(N)=O. The third-order valence-electron chi connectivity index (χ3n) is 9.45. The number of aromatic nitrogens is 1. The summed E-state index contributed by atoms with van der Waals surface area (Å²) in [6, 6.07) is -0.0998. The Morgan fingerprint density at radius 2 is 1.58 bits per heavy atom. The maximum atomic E-state index is 14.0. The Morgan fingerprint density at radius 1 is 0.927 bits per heavy atom. The van der Waals surface area contributed by atoms with Crippen LogP contribution in [0.5, 0.6) is 5.75 Å². The number of aryl methyl sites for hydroxylation is 1. The van der Waals surface area contributed by atoms with E-state index in [-0.39, 0.29) is 35.2 Å². The number of nitrogens with two attached hydrogens (primary N) is 1. The van der Waals surface area contributed by atoms with Crippen molar-refractivity contribution >= 4 is 47.0 Å². The van der Waals surface area contributed by atoms with Crippen molar-refractivity contribution in [1.29, 1.82) is 0 Å². The highest BCUT2D eigenvalue weighted by molar-refractivity contribution is 6.32. The lowest BCUT2D eigenvalue weighted by molar-refractivity contribution is -0.870. The molecular weight excluding hydrogens is 736 g/mol. The molecule has 0 saturated heterocycles. The highest BCUT2D eigenvalue weighted by Crippen LogP contribution is 2.33. The number of aromatic hydroxyl groups is 1. The molecule has 0 radical (unpaired) electrons. The molecule has 55 heavy (non-hydrogen) atoms. The molecular formula is C37H56ClN8O9+. The van der Waals surface area contributed by atoms with Crippen molar-refractivity contribution in [1.82, 2.24) is 31.7 Å². The van der Waals surface area contributed by atoms with E-state index in [2.05, 4.69) is 31.7 Å². The second-order valence-corrected chi connectivity index (χ2v) is 15.7. The third-order valence-corrected chi connectivity index (χ3v) is 9.75. The Kier molecular flexibility index (Phi) is 16.4. The lowest BCUT2D eigenvalue weighted by Crippen LogP contribution is -2.61. The molecule has 304 valence electrons. The number of amides is 6. The molecule has 9 N–H and O–H groups in total. The van der Waals surface area contributed by atoms with Crippen LogP contribution in [0.15, 0.2) is 28.8 Å². The molecule has 18 heteroatoms. The molecule has 0 aliphatic heterocycles. The average Bonchev–Trinajstić information content (AvgIpc) is 3.87. The summed E-state index contributed by atoms with van der Waals surface area (Å²) < 4.78 is 5.70. The van der Waals surface area contributed by atoms with Gasteiger partial charge >= 0.3 is 0 Å². The second-order valence-electron chi connectivity index (χ2n) is 15.3. The molecule has 1 aromatic carbocycles. The highest BCUT2D eigenvalue weighted by atomic mass is 35.5. The maximum Gasteiger partial charge on any atom is 0.274 e. The number of phenols is 1. The second kappa shape index (κ2) is 20.3. The van der Waals surface area contributed by atoms with Gasteiger partial charge in [0.1, 0.15) is 41.7 Å². The van der Waals surface area contributed by atoms with Crippen LogP contribution in [0.2, 0.25) is 5.02 Å². The minimum atomic E-state index is -1.36. The van der Waals surface area contributed by atoms with Gasteiger partial charge in [-0.15, -0.1) is 0 Å². The molecule has 6 atom stereocenters. The third kappa shape index (κ3) is 14.1. The van der Waals surface area contributed by atoms with E-state index in [4.69, 9.17) is 21.9 Å². The van der Waals surface area contributed by atoms with Crippen LogP contribution in [0.4, 0.5) is 0 Å². The molecule has 6 amide bonds. The Morgan fingerprint density at radius 3 is 2.13 bits per heavy atom. The summed E-state index contributed by atoms with van der Waals surface area (Å²) in [5, 5.41) is 36.6. The average molecular weight is 792 g/mol. The predicted molar refractivity (Wildman–Crippen MR) is 202 cm³/mol. The van der Waals surface area contributed by atoms with Crippen molar-refractivity contribution < 1.29 is 48.0 Å². The number of carbonyl (C=O) groups excluding carboxylic acids is 6. The molecule has 3 rings (SSSR count). The van der Waals surface area contributed by atoms with Crippen molar-refractivity contribution in [3.05, 3.63) is 46.3 Å². The van der Waals surface area contributed by atoms with E-state index in [0.717, 1.165) is 13.0 Å². The lowest BCUT2D eigenvalue weighted by atomic mass is 9.96. The number of quaternary nitrogens is 1. The number of rotatable bonds is 22. The number of benzene rings is 1. The molecule has 1 fully saturated rings. The minimum absolute atomic E-state index is 0.0460. The number of halogens is 1. The van der Waals surface area contributed by atoms with Crippen molar-refractivity contribution in [2.75, 3.05) is 34.3 Å². The maximum absolute atomic E-state index is 14.0. The van der Waals surface area contributed by atoms with Gasteiger partial charge in [0, 0.05) is 12.5 Å². The summed E-state index contributed by atoms with van der Waals surface area (Å²) in [7, 11) is 6.09. The Labute approximate surface area is 326 Å². The zero-order valence-corrected chi connectivity index (χ0v) is 33.1. The summed E-state index contributed by atoms with van der Waals surface area (Å²) in [4.78, 5) is 79.9. The number of nitrogens with zero attached hydrogens (tertiary/aromatic N) is 2. The molecule has 17 nitrogen and oxygen atoms in total. The number of phenolic OH excluding ortho intramolecular Hbond substituents is 1. The summed E-state index contributed by atoms with van der Waals surface area (Å²) in [6.45, 7) is 5.29. The number of hydrogen-bond donors (Lipinski definition) is 8. The molecule has 0 bridgehead atoms. The first-order valence-corrected chi connectivity index (χ1v) is 18.8. The molecule has 1 unspecified atom stereocenters. The van der Waals surface area contributed by atoms with E-state index >= 15 is 0 Å². The fourth-order valence-corrected chi connectivity index (χ4v) is 6.00. The molecule has 2 aromatic rings. The van der Waals surface area contributed by atoms with Gasteiger partial charge in [0.05, 0.1) is 39.3 Å². The fraction of sp³-hybridized carbons (Fsp3) is 0.595. The highest BCUT2D eigenvalue weighted by Gasteiger charge is 2.41. The number of carbonyl (C=O) groups is 6. The molecule has 1 aliphatic carbocycles. The predicted octanol–water partition coefficient (Wildman–Crippen LogP) is 0.433. The van der Waals surface area contributed by atoms with E-state index in [1.165, 1.54) is 18.2 Å². The van der Waals surface area contributed by atoms with Gasteiger partial charge in [-0.25, -0.2) is 0 Å². The van der Waals surface area contributed by atoms with Crippen molar-refractivity contribution in [2.45, 2.75) is 95.9 Å². The number of aliphatic hydroxyl groups excluding tert-OH is 1. The van der Waals surface area contributed by atoms with Crippen LogP contribution in [0.3, 0.4) is 0 Å². The van der Waals surface area contributed by atoms with Gasteiger partial charge in [-0.3, -0.25) is 28.8 Å². The standard InChI is InChI=1S/C37H55ClN8O9/c1-7-20(2)30(36(53)40-25(10-8-9-15-46(4,5)6)33(50)42-28(19-47)32(39)49)43-37(54)31(23-12-13-23)44-34(51)26(18-22-11-14-29(48)24(38)17-22)41-35(52)27-16-21(3)55-45-27/h11,14,16-17,20,23,25-26,28,30-31,47H,7-10,12-13,15,18-19H2,1-6H3,(H7-,39,40,41,42,43,44,48,49,50,51,52,53,54)/p+1/t20-,25-,26-,28-,30?,31-/m0/s1. The van der Waals surface area contributed by atoms with Gasteiger partial charge in [-0.05, 0) is 68.6 Å². The zero-order valence-electron chi connectivity index (χ0n) is 32.3. The topological polar surface area (TPSA) is 255 Å². The Balaban J connectivity index is 1.81. The monoisotopic (exact) mass is 791 g/mol. The normalized spacial score (nSPS) is 16.1. The largest absolute Gasteiger partial charge is 0.506 e. The van der Waals surface area contributed by atoms with Crippen LogP contribution in [-0.4, -0.2) is 120 Å². The van der Waals surface area contributed by atoms with E-state index in [1.807, 2.05) is 28.1 Å². The summed E-state index contributed by atoms with van der Waals surface area (Å²) in [5.41, 5.74) is 5.77. The Hall–Kier alpha value is -4.74. The molecule has 1 saturated carbocycles.